The molecule has 104 valence electrons. The van der Waals surface area contributed by atoms with Crippen LogP contribution in [-0.4, -0.2) is 10.9 Å². The molecule has 5 heteroatoms. The molecule has 21 heavy (non-hydrogen) atoms. The molecule has 0 aliphatic heterocycles. The quantitative estimate of drug-likeness (QED) is 0.761. The maximum absolute atomic E-state index is 12.4. The number of H-pyrrole nitrogens is 1. The Balaban J connectivity index is 2.06. The van der Waals surface area contributed by atoms with Gasteiger partial charge in [0.1, 0.15) is 0 Å². The van der Waals surface area contributed by atoms with Gasteiger partial charge < -0.3 is 10.3 Å². The summed E-state index contributed by atoms with van der Waals surface area (Å²) >= 11 is 6.02. The van der Waals surface area contributed by atoms with E-state index in [1.807, 2.05) is 6.07 Å². The van der Waals surface area contributed by atoms with Crippen molar-refractivity contribution in [2.24, 2.45) is 0 Å². The Morgan fingerprint density at radius 2 is 1.76 bits per heavy atom. The van der Waals surface area contributed by atoms with E-state index in [0.717, 1.165) is 0 Å². The summed E-state index contributed by atoms with van der Waals surface area (Å²) in [4.78, 5) is 26.8. The first-order valence-electron chi connectivity index (χ1n) is 6.33. The Kier molecular flexibility index (Phi) is 3.46. The van der Waals surface area contributed by atoms with Crippen molar-refractivity contribution < 1.29 is 4.79 Å². The first kappa shape index (κ1) is 13.4. The van der Waals surface area contributed by atoms with Gasteiger partial charge in [0.05, 0.1) is 16.3 Å². The summed E-state index contributed by atoms with van der Waals surface area (Å²) < 4.78 is 0. The van der Waals surface area contributed by atoms with Gasteiger partial charge >= 0.3 is 0 Å². The van der Waals surface area contributed by atoms with E-state index in [1.54, 1.807) is 42.5 Å². The number of hydrogen-bond acceptors (Lipinski definition) is 2. The number of carbonyl (C=O) groups is 1. The average molecular weight is 299 g/mol. The van der Waals surface area contributed by atoms with E-state index in [4.69, 9.17) is 11.6 Å². The molecule has 0 unspecified atom stereocenters. The zero-order valence-electron chi connectivity index (χ0n) is 10.9. The number of amides is 1. The van der Waals surface area contributed by atoms with Crippen molar-refractivity contribution in [1.29, 1.82) is 0 Å². The molecular weight excluding hydrogens is 288 g/mol. The summed E-state index contributed by atoms with van der Waals surface area (Å²) in [6.07, 6.45) is 0. The Hall–Kier alpha value is -2.59. The maximum atomic E-state index is 12.4. The third-order valence-electron chi connectivity index (χ3n) is 3.12. The molecule has 1 amide bonds. The van der Waals surface area contributed by atoms with Crippen molar-refractivity contribution in [3.05, 3.63) is 75.5 Å². The second-order valence-corrected chi connectivity index (χ2v) is 4.93. The minimum atomic E-state index is -0.370. The van der Waals surface area contributed by atoms with Gasteiger partial charge in [-0.05, 0) is 18.2 Å². The molecule has 1 aromatic heterocycles. The van der Waals surface area contributed by atoms with Crippen LogP contribution >= 0.6 is 11.6 Å². The lowest BCUT2D eigenvalue weighted by Crippen LogP contribution is -2.17. The van der Waals surface area contributed by atoms with E-state index in [2.05, 4.69) is 10.3 Å². The monoisotopic (exact) mass is 298 g/mol. The highest BCUT2D eigenvalue weighted by molar-refractivity contribution is 6.34. The molecule has 4 nitrogen and oxygen atoms in total. The van der Waals surface area contributed by atoms with Crippen LogP contribution in [0.25, 0.3) is 10.9 Å². The Morgan fingerprint density at radius 3 is 2.57 bits per heavy atom. The molecule has 0 spiro atoms. The number of aromatic amines is 1. The number of halogens is 1. The average Bonchev–Trinajstić information content (AvgIpc) is 2.48. The van der Waals surface area contributed by atoms with Crippen LogP contribution in [0, 0.1) is 0 Å². The fourth-order valence-electron chi connectivity index (χ4n) is 2.14. The maximum Gasteiger partial charge on any atom is 0.256 e. The number of nitrogens with one attached hydrogen (secondary N) is 2. The van der Waals surface area contributed by atoms with Gasteiger partial charge in [0, 0.05) is 17.0 Å². The number of rotatable bonds is 2. The van der Waals surface area contributed by atoms with Gasteiger partial charge in [-0.25, -0.2) is 0 Å². The van der Waals surface area contributed by atoms with Gasteiger partial charge in [0.2, 0.25) is 5.56 Å². The number of aromatic nitrogens is 1. The zero-order chi connectivity index (χ0) is 14.8. The number of fused-ring (bicyclic) bond motifs is 1. The van der Waals surface area contributed by atoms with Crippen LogP contribution in [0.15, 0.2) is 59.4 Å². The van der Waals surface area contributed by atoms with Gasteiger partial charge in [-0.1, -0.05) is 41.9 Å². The van der Waals surface area contributed by atoms with Crippen LogP contribution in [0.3, 0.4) is 0 Å². The zero-order valence-corrected chi connectivity index (χ0v) is 11.6. The summed E-state index contributed by atoms with van der Waals surface area (Å²) in [7, 11) is 0. The molecule has 0 atom stereocenters. The number of para-hydroxylation sites is 2. The molecule has 0 radical (unpaired) electrons. The summed E-state index contributed by atoms with van der Waals surface area (Å²) in [5, 5.41) is 3.85. The van der Waals surface area contributed by atoms with Crippen LogP contribution < -0.4 is 10.9 Å². The van der Waals surface area contributed by atoms with Crippen molar-refractivity contribution in [2.45, 2.75) is 0 Å². The smallest absolute Gasteiger partial charge is 0.256 e. The Morgan fingerprint density at radius 1 is 1.05 bits per heavy atom. The van der Waals surface area contributed by atoms with Gasteiger partial charge in [-0.15, -0.1) is 0 Å². The topological polar surface area (TPSA) is 62.0 Å². The molecule has 1 heterocycles. The fourth-order valence-corrected chi connectivity index (χ4v) is 2.33. The van der Waals surface area contributed by atoms with Crippen molar-refractivity contribution in [3.8, 4) is 0 Å². The highest BCUT2D eigenvalue weighted by atomic mass is 35.5. The van der Waals surface area contributed by atoms with E-state index in [1.165, 1.54) is 6.07 Å². The minimum absolute atomic E-state index is 0.314. The SMILES string of the molecule is O=C(Nc1ccccc1Cl)c1cc(=O)[nH]c2ccccc12. The predicted octanol–water partition coefficient (Wildman–Crippen LogP) is 3.43. The molecule has 0 saturated carbocycles. The lowest BCUT2D eigenvalue weighted by Gasteiger charge is -2.09. The van der Waals surface area contributed by atoms with E-state index in [9.17, 15) is 9.59 Å². The molecular formula is C16H11ClN2O2. The highest BCUT2D eigenvalue weighted by Crippen LogP contribution is 2.22. The molecule has 0 fully saturated rings. The molecule has 0 saturated heterocycles. The second-order valence-electron chi connectivity index (χ2n) is 4.53. The first-order chi connectivity index (χ1) is 10.1. The van der Waals surface area contributed by atoms with Crippen LogP contribution in [0.4, 0.5) is 5.69 Å². The number of carbonyl (C=O) groups excluding carboxylic acids is 1. The first-order valence-corrected chi connectivity index (χ1v) is 6.71. The fraction of sp³-hybridized carbons (Fsp3) is 0. The van der Waals surface area contributed by atoms with Gasteiger partial charge in [0.25, 0.3) is 5.91 Å². The summed E-state index contributed by atoms with van der Waals surface area (Å²) in [6.45, 7) is 0. The van der Waals surface area contributed by atoms with Crippen molar-refractivity contribution in [3.63, 3.8) is 0 Å². The lowest BCUT2D eigenvalue weighted by molar-refractivity contribution is 0.102. The summed E-state index contributed by atoms with van der Waals surface area (Å²) in [5.74, 6) is -0.370. The van der Waals surface area contributed by atoms with Crippen LogP contribution in [0.1, 0.15) is 10.4 Å². The van der Waals surface area contributed by atoms with E-state index >= 15 is 0 Å². The van der Waals surface area contributed by atoms with Crippen molar-refractivity contribution in [1.82, 2.24) is 4.98 Å². The third kappa shape index (κ3) is 2.66. The Labute approximate surface area is 125 Å². The van der Waals surface area contributed by atoms with Crippen molar-refractivity contribution >= 4 is 34.1 Å². The van der Waals surface area contributed by atoms with E-state index in [-0.39, 0.29) is 11.5 Å². The minimum Gasteiger partial charge on any atom is -0.322 e. The highest BCUT2D eigenvalue weighted by Gasteiger charge is 2.12. The second kappa shape index (κ2) is 5.42. The van der Waals surface area contributed by atoms with Crippen LogP contribution in [-0.2, 0) is 0 Å². The lowest BCUT2D eigenvalue weighted by atomic mass is 10.1. The molecule has 3 aromatic rings. The number of anilines is 1. The molecule has 2 N–H and O–H groups in total. The number of pyridine rings is 1. The molecule has 0 aliphatic rings. The van der Waals surface area contributed by atoms with Crippen LogP contribution in [0.5, 0.6) is 0 Å². The van der Waals surface area contributed by atoms with E-state index in [0.29, 0.717) is 27.2 Å². The number of hydrogen-bond donors (Lipinski definition) is 2. The van der Waals surface area contributed by atoms with Gasteiger partial charge in [-0.2, -0.15) is 0 Å². The predicted molar refractivity (Wildman–Crippen MR) is 84.0 cm³/mol. The van der Waals surface area contributed by atoms with Crippen molar-refractivity contribution in [2.75, 3.05) is 5.32 Å². The Bertz CT molecular complexity index is 887. The molecule has 3 rings (SSSR count). The molecule has 0 aliphatic carbocycles. The standard InChI is InChI=1S/C16H11ClN2O2/c17-12-6-2-4-8-14(12)19-16(21)11-9-15(20)18-13-7-3-1-5-10(11)13/h1-9H,(H,18,20)(H,19,21). The summed E-state index contributed by atoms with van der Waals surface area (Å²) in [6, 6.07) is 15.4. The van der Waals surface area contributed by atoms with Crippen LogP contribution in [0.2, 0.25) is 5.02 Å². The largest absolute Gasteiger partial charge is 0.322 e. The number of benzene rings is 2. The normalized spacial score (nSPS) is 10.5. The molecule has 0 bridgehead atoms. The molecule has 2 aromatic carbocycles. The summed E-state index contributed by atoms with van der Waals surface area (Å²) in [5.41, 5.74) is 1.12. The van der Waals surface area contributed by atoms with Gasteiger partial charge in [-0.3, -0.25) is 9.59 Å². The van der Waals surface area contributed by atoms with E-state index < -0.39 is 0 Å². The van der Waals surface area contributed by atoms with Gasteiger partial charge in [0.15, 0.2) is 0 Å². The third-order valence-corrected chi connectivity index (χ3v) is 3.45.